The second-order valence-corrected chi connectivity index (χ2v) is 12.7. The topological polar surface area (TPSA) is 114 Å². The number of hydrogen-bond acceptors (Lipinski definition) is 9. The van der Waals surface area contributed by atoms with Crippen molar-refractivity contribution < 1.29 is 47.3 Å². The maximum atomic E-state index is 14.6. The lowest BCUT2D eigenvalue weighted by Gasteiger charge is -2.13. The Morgan fingerprint density at radius 1 is 0.618 bits per heavy atom. The van der Waals surface area contributed by atoms with Gasteiger partial charge in [0.1, 0.15) is 17.2 Å². The minimum absolute atomic E-state index is 0.0155. The zero-order valence-corrected chi connectivity index (χ0v) is 30.5. The molecule has 0 radical (unpaired) electrons. The van der Waals surface area contributed by atoms with Crippen LogP contribution < -0.4 is 18.9 Å². The van der Waals surface area contributed by atoms with E-state index in [1.807, 2.05) is 19.9 Å². The molecule has 0 spiro atoms. The van der Waals surface area contributed by atoms with Gasteiger partial charge in [0.05, 0.1) is 29.9 Å². The summed E-state index contributed by atoms with van der Waals surface area (Å²) in [5.41, 5.74) is 3.79. The number of hydrogen-bond donors (Lipinski definition) is 0. The van der Waals surface area contributed by atoms with Gasteiger partial charge < -0.3 is 23.7 Å². The van der Waals surface area contributed by atoms with Gasteiger partial charge in [-0.05, 0) is 131 Å². The maximum Gasteiger partial charge on any atom is 0.343 e. The number of esters is 4. The van der Waals surface area contributed by atoms with E-state index in [-0.39, 0.29) is 30.3 Å². The standard InChI is InChI=1S/C45H37FO9/c1-5-29-20-27(3)21-41(28(29)4)55-45(50)35-11-9-33-24-37(15-13-31(33)23-35)53-43(48)34-10-8-32-25-38(16-12-30(32)22-34)54-44(49)36-14-17-40(39(46)26-36)51-18-7-19-52-42(47)6-2/h6,8-17,20-26H,2,5,7,18-19H2,1,3-4H3. The number of fused-ring (bicyclic) bond motifs is 2. The minimum atomic E-state index is -0.768. The van der Waals surface area contributed by atoms with Gasteiger partial charge in [-0.1, -0.05) is 43.8 Å². The monoisotopic (exact) mass is 740 g/mol. The van der Waals surface area contributed by atoms with Crippen LogP contribution in [0.25, 0.3) is 21.5 Å². The number of carbonyl (C=O) groups is 4. The molecule has 278 valence electrons. The van der Waals surface area contributed by atoms with Crippen molar-refractivity contribution in [3.05, 3.63) is 155 Å². The van der Waals surface area contributed by atoms with Gasteiger partial charge in [0.2, 0.25) is 0 Å². The van der Waals surface area contributed by atoms with Crippen LogP contribution in [0.5, 0.6) is 23.0 Å². The average molecular weight is 741 g/mol. The van der Waals surface area contributed by atoms with Crippen LogP contribution in [0.1, 0.15) is 61.1 Å². The van der Waals surface area contributed by atoms with Crippen LogP contribution >= 0.6 is 0 Å². The van der Waals surface area contributed by atoms with Crippen molar-refractivity contribution in [2.24, 2.45) is 0 Å². The Hall–Kier alpha value is -6.81. The molecule has 0 bridgehead atoms. The van der Waals surface area contributed by atoms with Crippen LogP contribution in [-0.4, -0.2) is 37.1 Å². The molecule has 0 aliphatic carbocycles. The first-order chi connectivity index (χ1) is 26.5. The van der Waals surface area contributed by atoms with Crippen molar-refractivity contribution in [1.29, 1.82) is 0 Å². The molecule has 0 unspecified atom stereocenters. The van der Waals surface area contributed by atoms with E-state index >= 15 is 0 Å². The largest absolute Gasteiger partial charge is 0.490 e. The van der Waals surface area contributed by atoms with Gasteiger partial charge in [-0.2, -0.15) is 0 Å². The van der Waals surface area contributed by atoms with Gasteiger partial charge in [0.15, 0.2) is 11.6 Å². The molecule has 0 heterocycles. The van der Waals surface area contributed by atoms with E-state index in [0.29, 0.717) is 39.8 Å². The summed E-state index contributed by atoms with van der Waals surface area (Å²) in [7, 11) is 0. The lowest BCUT2D eigenvalue weighted by Crippen LogP contribution is -2.10. The first-order valence-corrected chi connectivity index (χ1v) is 17.6. The Labute approximate surface area is 316 Å². The molecule has 0 aromatic heterocycles. The number of ether oxygens (including phenoxy) is 5. The van der Waals surface area contributed by atoms with Crippen LogP contribution in [0.15, 0.2) is 116 Å². The van der Waals surface area contributed by atoms with Gasteiger partial charge in [-0.15, -0.1) is 0 Å². The Bertz CT molecular complexity index is 2470. The summed E-state index contributed by atoms with van der Waals surface area (Å²) in [5.74, 6) is -2.04. The summed E-state index contributed by atoms with van der Waals surface area (Å²) >= 11 is 0. The van der Waals surface area contributed by atoms with E-state index in [0.717, 1.165) is 46.0 Å². The van der Waals surface area contributed by atoms with Gasteiger partial charge >= 0.3 is 23.9 Å². The quantitative estimate of drug-likeness (QED) is 0.0494. The number of aryl methyl sites for hydroxylation is 2. The smallest absolute Gasteiger partial charge is 0.343 e. The third-order valence-corrected chi connectivity index (χ3v) is 8.84. The highest BCUT2D eigenvalue weighted by Crippen LogP contribution is 2.29. The first kappa shape index (κ1) is 37.9. The average Bonchev–Trinajstić information content (AvgIpc) is 3.18. The Morgan fingerprint density at radius 2 is 1.15 bits per heavy atom. The highest BCUT2D eigenvalue weighted by atomic mass is 19.1. The van der Waals surface area contributed by atoms with E-state index < -0.39 is 29.7 Å². The summed E-state index contributed by atoms with van der Waals surface area (Å²) in [5, 5.41) is 2.94. The predicted molar refractivity (Wildman–Crippen MR) is 206 cm³/mol. The number of rotatable bonds is 13. The lowest BCUT2D eigenvalue weighted by molar-refractivity contribution is -0.137. The van der Waals surface area contributed by atoms with Crippen molar-refractivity contribution >= 4 is 45.4 Å². The molecule has 6 rings (SSSR count). The molecule has 6 aromatic rings. The van der Waals surface area contributed by atoms with Gasteiger partial charge in [0, 0.05) is 12.5 Å². The second kappa shape index (κ2) is 16.9. The SMILES string of the molecule is C=CC(=O)OCCCOc1ccc(C(=O)Oc2ccc3cc(C(=O)Oc4ccc5cc(C(=O)Oc6cc(C)cc(CC)c6C)ccc5c4)ccc3c2)cc1F. The summed E-state index contributed by atoms with van der Waals surface area (Å²) < 4.78 is 41.8. The van der Waals surface area contributed by atoms with Crippen molar-refractivity contribution in [1.82, 2.24) is 0 Å². The zero-order valence-electron chi connectivity index (χ0n) is 30.5. The van der Waals surface area contributed by atoms with Crippen molar-refractivity contribution in [3.8, 4) is 23.0 Å². The van der Waals surface area contributed by atoms with Crippen molar-refractivity contribution in [3.63, 3.8) is 0 Å². The number of carbonyl (C=O) groups excluding carboxylic acids is 4. The minimum Gasteiger partial charge on any atom is -0.490 e. The molecule has 0 atom stereocenters. The fraction of sp³-hybridized carbons (Fsp3) is 0.156. The lowest BCUT2D eigenvalue weighted by atomic mass is 10.0. The van der Waals surface area contributed by atoms with E-state index in [4.69, 9.17) is 23.7 Å². The fourth-order valence-corrected chi connectivity index (χ4v) is 5.91. The number of halogens is 1. The third-order valence-electron chi connectivity index (χ3n) is 8.84. The van der Waals surface area contributed by atoms with Crippen LogP contribution in [0.2, 0.25) is 0 Å². The molecule has 10 heteroatoms. The number of benzene rings is 6. The van der Waals surface area contributed by atoms with Crippen LogP contribution in [-0.2, 0) is 16.0 Å². The molecule has 0 saturated heterocycles. The Kier molecular flexibility index (Phi) is 11.7. The summed E-state index contributed by atoms with van der Waals surface area (Å²) in [6.45, 7) is 9.48. The van der Waals surface area contributed by atoms with Gasteiger partial charge in [-0.25, -0.2) is 23.6 Å². The van der Waals surface area contributed by atoms with E-state index in [2.05, 4.69) is 19.6 Å². The Morgan fingerprint density at radius 3 is 1.71 bits per heavy atom. The van der Waals surface area contributed by atoms with Crippen LogP contribution in [0.3, 0.4) is 0 Å². The third kappa shape index (κ3) is 9.23. The molecule has 0 fully saturated rings. The molecule has 0 amide bonds. The van der Waals surface area contributed by atoms with E-state index in [1.54, 1.807) is 72.8 Å². The first-order valence-electron chi connectivity index (χ1n) is 17.6. The Balaban J connectivity index is 1.06. The summed E-state index contributed by atoms with van der Waals surface area (Å²) in [4.78, 5) is 50.1. The molecule has 0 aliphatic heterocycles. The molecule has 0 aliphatic rings. The van der Waals surface area contributed by atoms with Crippen molar-refractivity contribution in [2.75, 3.05) is 13.2 Å². The normalized spacial score (nSPS) is 10.8. The molecule has 0 saturated carbocycles. The highest BCUT2D eigenvalue weighted by Gasteiger charge is 2.17. The van der Waals surface area contributed by atoms with Gasteiger partial charge in [-0.3, -0.25) is 0 Å². The molecular weight excluding hydrogens is 703 g/mol. The van der Waals surface area contributed by atoms with E-state index in [9.17, 15) is 23.6 Å². The molecule has 9 nitrogen and oxygen atoms in total. The zero-order chi connectivity index (χ0) is 39.1. The van der Waals surface area contributed by atoms with Gasteiger partial charge in [0.25, 0.3) is 0 Å². The highest BCUT2D eigenvalue weighted by molar-refractivity contribution is 5.99. The molecular formula is C45H37FO9. The summed E-state index contributed by atoms with van der Waals surface area (Å²) in [6.07, 6.45) is 2.23. The van der Waals surface area contributed by atoms with E-state index in [1.165, 1.54) is 12.1 Å². The summed E-state index contributed by atoms with van der Waals surface area (Å²) in [6, 6.07) is 27.9. The second-order valence-electron chi connectivity index (χ2n) is 12.7. The van der Waals surface area contributed by atoms with Crippen molar-refractivity contribution in [2.45, 2.75) is 33.6 Å². The fourth-order valence-electron chi connectivity index (χ4n) is 5.91. The van der Waals surface area contributed by atoms with Crippen LogP contribution in [0, 0.1) is 19.7 Å². The van der Waals surface area contributed by atoms with Crippen LogP contribution in [0.4, 0.5) is 4.39 Å². The molecule has 55 heavy (non-hydrogen) atoms. The molecule has 0 N–H and O–H groups in total. The molecule has 6 aromatic carbocycles. The maximum absolute atomic E-state index is 14.6. The predicted octanol–water partition coefficient (Wildman–Crippen LogP) is 9.47.